The van der Waals surface area contributed by atoms with Crippen LogP contribution in [0.3, 0.4) is 0 Å². The minimum absolute atomic E-state index is 0.0746. The van der Waals surface area contributed by atoms with E-state index in [2.05, 4.69) is 0 Å². The lowest BCUT2D eigenvalue weighted by Gasteiger charge is -2.47. The van der Waals surface area contributed by atoms with Gasteiger partial charge >= 0.3 is 6.09 Å². The fourth-order valence-corrected chi connectivity index (χ4v) is 4.07. The Balaban J connectivity index is 1.48. The van der Waals surface area contributed by atoms with Crippen molar-refractivity contribution in [3.63, 3.8) is 0 Å². The van der Waals surface area contributed by atoms with E-state index in [-0.39, 0.29) is 18.1 Å². The third-order valence-electron chi connectivity index (χ3n) is 4.39. The van der Waals surface area contributed by atoms with Crippen LogP contribution in [0.1, 0.15) is 12.0 Å². The Bertz CT molecular complexity index is 653. The summed E-state index contributed by atoms with van der Waals surface area (Å²) in [6.07, 6.45) is 1.71. The summed E-state index contributed by atoms with van der Waals surface area (Å²) in [7, 11) is -3.14. The number of likely N-dealkylation sites (tertiary alicyclic amines) is 1. The van der Waals surface area contributed by atoms with E-state index in [4.69, 9.17) is 4.74 Å². The number of ether oxygens (including phenoxy) is 1. The Hall–Kier alpha value is -1.60. The summed E-state index contributed by atoms with van der Waals surface area (Å²) in [5, 5.41) is 0. The van der Waals surface area contributed by atoms with Gasteiger partial charge in [0.25, 0.3) is 0 Å². The van der Waals surface area contributed by atoms with Crippen LogP contribution in [0.15, 0.2) is 30.3 Å². The van der Waals surface area contributed by atoms with Crippen molar-refractivity contribution < 1.29 is 17.9 Å². The van der Waals surface area contributed by atoms with E-state index in [1.165, 1.54) is 10.6 Å². The molecule has 1 aromatic rings. The number of sulfonamides is 1. The second-order valence-corrected chi connectivity index (χ2v) is 8.23. The lowest BCUT2D eigenvalue weighted by molar-refractivity contribution is 0.00262. The van der Waals surface area contributed by atoms with Gasteiger partial charge < -0.3 is 9.64 Å². The van der Waals surface area contributed by atoms with Crippen molar-refractivity contribution in [1.82, 2.24) is 9.21 Å². The molecule has 22 heavy (non-hydrogen) atoms. The van der Waals surface area contributed by atoms with Crippen LogP contribution in [-0.4, -0.2) is 56.2 Å². The summed E-state index contributed by atoms with van der Waals surface area (Å²) in [5.74, 6) is 0. The van der Waals surface area contributed by atoms with Crippen molar-refractivity contribution in [2.45, 2.75) is 13.0 Å². The summed E-state index contributed by atoms with van der Waals surface area (Å²) >= 11 is 0. The lowest BCUT2D eigenvalue weighted by Crippen LogP contribution is -2.59. The molecule has 0 aliphatic carbocycles. The molecule has 2 aliphatic rings. The van der Waals surface area contributed by atoms with Crippen LogP contribution in [0.2, 0.25) is 0 Å². The van der Waals surface area contributed by atoms with Gasteiger partial charge in [0.2, 0.25) is 10.0 Å². The van der Waals surface area contributed by atoms with Gasteiger partial charge in [-0.1, -0.05) is 30.3 Å². The third-order valence-corrected chi connectivity index (χ3v) is 5.64. The Morgan fingerprint density at radius 1 is 1.23 bits per heavy atom. The summed E-state index contributed by atoms with van der Waals surface area (Å²) in [4.78, 5) is 13.6. The Morgan fingerprint density at radius 2 is 1.91 bits per heavy atom. The predicted octanol–water partition coefficient (Wildman–Crippen LogP) is 1.29. The zero-order chi connectivity index (χ0) is 15.8. The van der Waals surface area contributed by atoms with Gasteiger partial charge in [0.05, 0.1) is 6.26 Å². The minimum Gasteiger partial charge on any atom is -0.445 e. The van der Waals surface area contributed by atoms with E-state index in [0.29, 0.717) is 26.2 Å². The van der Waals surface area contributed by atoms with Gasteiger partial charge in [-0.15, -0.1) is 0 Å². The molecule has 3 rings (SSSR count). The minimum atomic E-state index is -3.14. The van der Waals surface area contributed by atoms with Crippen LogP contribution in [0.5, 0.6) is 0 Å². The average molecular weight is 324 g/mol. The summed E-state index contributed by atoms with van der Waals surface area (Å²) < 4.78 is 29.9. The first kappa shape index (κ1) is 15.3. The molecule has 0 unspecified atom stereocenters. The smallest absolute Gasteiger partial charge is 0.410 e. The number of nitrogens with zero attached hydrogens (tertiary/aromatic N) is 2. The van der Waals surface area contributed by atoms with Gasteiger partial charge in [-0.3, -0.25) is 0 Å². The zero-order valence-electron chi connectivity index (χ0n) is 12.6. The standard InChI is InChI=1S/C15H20N2O4S/c1-22(19,20)17-8-7-15(12-17)10-16(11-15)14(18)21-9-13-5-3-2-4-6-13/h2-6H,7-12H2,1H3. The Kier molecular flexibility index (Phi) is 3.86. The molecule has 0 saturated carbocycles. The van der Waals surface area contributed by atoms with Crippen LogP contribution < -0.4 is 0 Å². The highest BCUT2D eigenvalue weighted by Gasteiger charge is 2.51. The molecule has 1 aromatic carbocycles. The molecule has 0 aromatic heterocycles. The monoisotopic (exact) mass is 324 g/mol. The molecule has 2 heterocycles. The van der Waals surface area contributed by atoms with Crippen molar-refractivity contribution in [2.75, 3.05) is 32.4 Å². The summed E-state index contributed by atoms with van der Waals surface area (Å²) in [5.41, 5.74) is 0.879. The normalized spacial score (nSPS) is 20.9. The van der Waals surface area contributed by atoms with Crippen LogP contribution in [0, 0.1) is 5.41 Å². The number of amides is 1. The molecule has 2 saturated heterocycles. The second-order valence-electron chi connectivity index (χ2n) is 6.24. The largest absolute Gasteiger partial charge is 0.445 e. The van der Waals surface area contributed by atoms with Gasteiger partial charge in [0.15, 0.2) is 0 Å². The van der Waals surface area contributed by atoms with E-state index < -0.39 is 10.0 Å². The van der Waals surface area contributed by atoms with Crippen molar-refractivity contribution in [1.29, 1.82) is 0 Å². The third kappa shape index (κ3) is 3.10. The molecule has 2 fully saturated rings. The fourth-order valence-electron chi connectivity index (χ4n) is 3.14. The van der Waals surface area contributed by atoms with Crippen molar-refractivity contribution in [3.05, 3.63) is 35.9 Å². The Labute approximate surface area is 130 Å². The first-order chi connectivity index (χ1) is 10.4. The average Bonchev–Trinajstić information content (AvgIpc) is 2.90. The van der Waals surface area contributed by atoms with Crippen LogP contribution >= 0.6 is 0 Å². The number of hydrogen-bond acceptors (Lipinski definition) is 4. The second kappa shape index (κ2) is 5.55. The van der Waals surface area contributed by atoms with Gasteiger partial charge in [-0.2, -0.15) is 0 Å². The molecule has 120 valence electrons. The van der Waals surface area contributed by atoms with Crippen LogP contribution in [-0.2, 0) is 21.4 Å². The molecular formula is C15H20N2O4S. The van der Waals surface area contributed by atoms with Crippen LogP contribution in [0.25, 0.3) is 0 Å². The molecule has 2 aliphatic heterocycles. The number of carbonyl (C=O) groups excluding carboxylic acids is 1. The molecule has 0 radical (unpaired) electrons. The van der Waals surface area contributed by atoms with Crippen molar-refractivity contribution >= 4 is 16.1 Å². The quantitative estimate of drug-likeness (QED) is 0.840. The highest BCUT2D eigenvalue weighted by Crippen LogP contribution is 2.40. The van der Waals surface area contributed by atoms with E-state index >= 15 is 0 Å². The highest BCUT2D eigenvalue weighted by molar-refractivity contribution is 7.88. The number of carbonyl (C=O) groups is 1. The topological polar surface area (TPSA) is 66.9 Å². The molecule has 6 nitrogen and oxygen atoms in total. The number of rotatable bonds is 3. The maximum atomic E-state index is 12.0. The van der Waals surface area contributed by atoms with E-state index in [1.807, 2.05) is 30.3 Å². The fraction of sp³-hybridized carbons (Fsp3) is 0.533. The van der Waals surface area contributed by atoms with Crippen LogP contribution in [0.4, 0.5) is 4.79 Å². The number of benzene rings is 1. The SMILES string of the molecule is CS(=O)(=O)N1CCC2(CN(C(=O)OCc3ccccc3)C2)C1. The summed E-state index contributed by atoms with van der Waals surface area (Å²) in [6, 6.07) is 9.54. The number of hydrogen-bond donors (Lipinski definition) is 0. The molecule has 0 atom stereocenters. The van der Waals surface area contributed by atoms with Gasteiger partial charge in [-0.25, -0.2) is 17.5 Å². The molecule has 1 amide bonds. The molecule has 0 bridgehead atoms. The molecule has 1 spiro atoms. The maximum absolute atomic E-state index is 12.0. The first-order valence-electron chi connectivity index (χ1n) is 7.29. The molecule has 7 heteroatoms. The van der Waals surface area contributed by atoms with Gasteiger partial charge in [0.1, 0.15) is 6.61 Å². The van der Waals surface area contributed by atoms with E-state index in [1.54, 1.807) is 4.90 Å². The Morgan fingerprint density at radius 3 is 2.50 bits per heavy atom. The predicted molar refractivity (Wildman–Crippen MR) is 81.7 cm³/mol. The van der Waals surface area contributed by atoms with Gasteiger partial charge in [-0.05, 0) is 12.0 Å². The zero-order valence-corrected chi connectivity index (χ0v) is 13.4. The van der Waals surface area contributed by atoms with Gasteiger partial charge in [0, 0.05) is 31.6 Å². The summed E-state index contributed by atoms with van der Waals surface area (Å²) in [6.45, 7) is 2.47. The first-order valence-corrected chi connectivity index (χ1v) is 9.14. The molecule has 0 N–H and O–H groups in total. The van der Waals surface area contributed by atoms with E-state index in [0.717, 1.165) is 12.0 Å². The van der Waals surface area contributed by atoms with Crippen molar-refractivity contribution in [2.24, 2.45) is 5.41 Å². The molecular weight excluding hydrogens is 304 g/mol. The highest BCUT2D eigenvalue weighted by atomic mass is 32.2. The maximum Gasteiger partial charge on any atom is 0.410 e. The van der Waals surface area contributed by atoms with Crippen molar-refractivity contribution in [3.8, 4) is 0 Å². The van der Waals surface area contributed by atoms with E-state index in [9.17, 15) is 13.2 Å². The lowest BCUT2D eigenvalue weighted by atomic mass is 9.79.